The van der Waals surface area contributed by atoms with Crippen molar-refractivity contribution in [2.45, 2.75) is 0 Å². The van der Waals surface area contributed by atoms with Crippen LogP contribution in [0.3, 0.4) is 0 Å². The maximum atomic E-state index is 8.76. The van der Waals surface area contributed by atoms with Crippen LogP contribution in [0.1, 0.15) is 0 Å². The summed E-state index contributed by atoms with van der Waals surface area (Å²) in [5.74, 6) is 0. The van der Waals surface area contributed by atoms with E-state index in [0.717, 1.165) is 0 Å². The van der Waals surface area contributed by atoms with E-state index in [1.807, 2.05) is 0 Å². The quantitative estimate of drug-likeness (QED) is 0.293. The number of hydrogen-bond donors (Lipinski definition) is 2. The molecule has 2 N–H and O–H groups in total. The molecule has 0 unspecified atom stereocenters. The van der Waals surface area contributed by atoms with Crippen molar-refractivity contribution < 1.29 is 20.5 Å². The smallest absolute Gasteiger partial charge is 0.585 e. The van der Waals surface area contributed by atoms with Crippen molar-refractivity contribution in [2.24, 2.45) is 10.6 Å². The zero-order valence-electron chi connectivity index (χ0n) is 5.02. The van der Waals surface area contributed by atoms with Crippen molar-refractivity contribution in [3.8, 4) is 0 Å². The summed E-state index contributed by atoms with van der Waals surface area (Å²) in [6, 6.07) is 0. The van der Waals surface area contributed by atoms with E-state index in [1.165, 1.54) is 0 Å². The molecule has 0 saturated heterocycles. The number of hydrogen-bond acceptors (Lipinski definition) is 6. The van der Waals surface area contributed by atoms with Crippen LogP contribution in [0.25, 0.3) is 0 Å². The largest absolute Gasteiger partial charge is 2.00 e. The minimum Gasteiger partial charge on any atom is -0.585 e. The Morgan fingerprint density at radius 1 is 0.818 bits per heavy atom. The third-order valence-corrected chi connectivity index (χ3v) is 0.146. The Morgan fingerprint density at radius 3 is 0.909 bits per heavy atom. The predicted molar refractivity (Wildman–Crippen MR) is 28.2 cm³/mol. The van der Waals surface area contributed by atoms with Crippen molar-refractivity contribution in [3.63, 3.8) is 0 Å². The summed E-state index contributed by atoms with van der Waals surface area (Å²) in [5, 5.41) is 50.0. The Morgan fingerprint density at radius 2 is 0.909 bits per heavy atom. The first-order valence-corrected chi connectivity index (χ1v) is 1.53. The Labute approximate surface area is 89.3 Å². The predicted octanol–water partition coefficient (Wildman–Crippen LogP) is -0.709. The average Bonchev–Trinajstić information content (AvgIpc) is 1.89. The molecule has 0 fully saturated rings. The fourth-order valence-corrected chi connectivity index (χ4v) is 0. The van der Waals surface area contributed by atoms with E-state index in [1.54, 1.807) is 10.6 Å². The van der Waals surface area contributed by atoms with Crippen molar-refractivity contribution in [2.75, 3.05) is 0 Å². The second-order valence-electron chi connectivity index (χ2n) is 0.655. The molecule has 0 aromatic rings. The van der Waals surface area contributed by atoms with Crippen LogP contribution in [-0.2, 0) is 0 Å². The van der Waals surface area contributed by atoms with Gasteiger partial charge in [0.1, 0.15) is 0 Å². The summed E-state index contributed by atoms with van der Waals surface area (Å²) in [6.45, 7) is 0. The molecular weight excluding hydrogens is 192 g/mol. The fraction of sp³-hybridized carbons (Fsp3) is 0. The van der Waals surface area contributed by atoms with E-state index < -0.39 is 10.0 Å². The molecular formula is H2CaN4O6. The van der Waals surface area contributed by atoms with Crippen LogP contribution in [0.4, 0.5) is 0 Å². The van der Waals surface area contributed by atoms with Crippen LogP contribution in [0.2, 0.25) is 0 Å². The minimum absolute atomic E-state index is 0. The van der Waals surface area contributed by atoms with Crippen molar-refractivity contribution in [1.29, 1.82) is 0 Å². The molecule has 11 heavy (non-hydrogen) atoms. The van der Waals surface area contributed by atoms with Crippen LogP contribution >= 0.6 is 0 Å². The second kappa shape index (κ2) is 12.0. The fourth-order valence-electron chi connectivity index (χ4n) is 0. The van der Waals surface area contributed by atoms with E-state index in [4.69, 9.17) is 31.2 Å². The summed E-state index contributed by atoms with van der Waals surface area (Å²) < 4.78 is 0. The van der Waals surface area contributed by atoms with Gasteiger partial charge in [0.2, 0.25) is 10.6 Å². The van der Waals surface area contributed by atoms with Crippen molar-refractivity contribution in [3.05, 3.63) is 20.8 Å². The van der Waals surface area contributed by atoms with Crippen molar-refractivity contribution in [1.82, 2.24) is 0 Å². The maximum absolute atomic E-state index is 8.76. The van der Waals surface area contributed by atoms with Gasteiger partial charge in [0.25, 0.3) is 0 Å². The van der Waals surface area contributed by atoms with Crippen LogP contribution in [-0.4, -0.2) is 58.2 Å². The monoisotopic (exact) mass is 194 g/mol. The molecule has 0 heterocycles. The first-order valence-electron chi connectivity index (χ1n) is 1.53. The zero-order valence-corrected chi connectivity index (χ0v) is 7.23. The molecule has 0 aromatic carbocycles. The molecule has 0 aliphatic carbocycles. The van der Waals surface area contributed by atoms with E-state index >= 15 is 0 Å². The van der Waals surface area contributed by atoms with Gasteiger partial charge < -0.3 is 31.2 Å². The van der Waals surface area contributed by atoms with Gasteiger partial charge in [-0.05, 0) is 10.0 Å². The molecule has 0 bridgehead atoms. The second-order valence-corrected chi connectivity index (χ2v) is 0.655. The van der Waals surface area contributed by atoms with E-state index in [9.17, 15) is 0 Å². The van der Waals surface area contributed by atoms with Gasteiger partial charge in [-0.1, -0.05) is 0 Å². The van der Waals surface area contributed by atoms with Crippen LogP contribution < -0.4 is 0 Å². The molecule has 60 valence electrons. The average molecular weight is 194 g/mol. The maximum Gasteiger partial charge on any atom is 2.00 e. The molecule has 0 saturated carbocycles. The Hall–Kier alpha value is -0.740. The number of nitrogens with zero attached hydrogens (tertiary/aromatic N) is 4. The molecule has 0 spiro atoms. The van der Waals surface area contributed by atoms with Gasteiger partial charge in [-0.15, -0.1) is 0 Å². The van der Waals surface area contributed by atoms with Crippen LogP contribution in [0.5, 0.6) is 0 Å². The Kier molecular flexibility index (Phi) is 18.2. The van der Waals surface area contributed by atoms with Gasteiger partial charge >= 0.3 is 37.7 Å². The van der Waals surface area contributed by atoms with E-state index in [-0.39, 0.29) is 37.7 Å². The Balaban J connectivity index is -0.000000107. The molecule has 0 rings (SSSR count). The third kappa shape index (κ3) is 45.9. The third-order valence-electron chi connectivity index (χ3n) is 0.146. The molecule has 0 aliphatic heterocycles. The van der Waals surface area contributed by atoms with E-state index in [2.05, 4.69) is 0 Å². The van der Waals surface area contributed by atoms with Gasteiger partial charge in [-0.3, -0.25) is 0 Å². The standard InChI is InChI=1S/Ca.2HN2O3/c;2*3-1-2(4)5/h;2*(H-,1,3,4,5)/q+2;2*-1. The van der Waals surface area contributed by atoms with Gasteiger partial charge in [-0.2, -0.15) is 0 Å². The number of rotatable bonds is 0. The van der Waals surface area contributed by atoms with Gasteiger partial charge in [0, 0.05) is 0 Å². The molecule has 0 aromatic heterocycles. The topological polar surface area (TPSA) is 163 Å². The molecule has 0 aliphatic rings. The first kappa shape index (κ1) is 16.7. The minimum atomic E-state index is -1.19. The molecule has 0 amide bonds. The van der Waals surface area contributed by atoms with Crippen molar-refractivity contribution >= 4 is 37.7 Å². The summed E-state index contributed by atoms with van der Waals surface area (Å²) >= 11 is 0. The van der Waals surface area contributed by atoms with Gasteiger partial charge in [0.15, 0.2) is 0 Å². The van der Waals surface area contributed by atoms with Gasteiger partial charge in [-0.25, -0.2) is 0 Å². The van der Waals surface area contributed by atoms with Crippen LogP contribution in [0.15, 0.2) is 10.6 Å². The summed E-state index contributed by atoms with van der Waals surface area (Å²) in [4.78, 5) is 0. The first-order chi connectivity index (χ1) is 4.54. The summed E-state index contributed by atoms with van der Waals surface area (Å²) in [6.07, 6.45) is 0. The zero-order chi connectivity index (χ0) is 8.57. The van der Waals surface area contributed by atoms with Crippen LogP contribution in [0, 0.1) is 20.8 Å². The molecule has 10 nitrogen and oxygen atoms in total. The summed E-state index contributed by atoms with van der Waals surface area (Å²) in [7, 11) is 0. The summed E-state index contributed by atoms with van der Waals surface area (Å²) in [5.41, 5.74) is 0. The Bertz CT molecular complexity index is 107. The van der Waals surface area contributed by atoms with E-state index in [0.29, 0.717) is 0 Å². The molecule has 0 radical (unpaired) electrons. The molecule has 0 atom stereocenters. The normalized spacial score (nSPS) is 5.82. The SMILES string of the molecule is [Ca+2].[O-][N+]([O-])=NO.[O-][N+]([O-])=NO. The van der Waals surface area contributed by atoms with Gasteiger partial charge in [0.05, 0.1) is 0 Å². The molecule has 11 heteroatoms.